The van der Waals surface area contributed by atoms with Crippen molar-refractivity contribution in [3.8, 4) is 11.5 Å². The van der Waals surface area contributed by atoms with Crippen molar-refractivity contribution in [3.63, 3.8) is 0 Å². The van der Waals surface area contributed by atoms with Crippen LogP contribution in [0.5, 0.6) is 11.5 Å². The van der Waals surface area contributed by atoms with E-state index in [9.17, 15) is 9.59 Å². The number of anilines is 1. The molecule has 0 saturated carbocycles. The molecule has 3 rings (SSSR count). The van der Waals surface area contributed by atoms with Crippen molar-refractivity contribution in [2.45, 2.75) is 0 Å². The van der Waals surface area contributed by atoms with Crippen LogP contribution in [0.15, 0.2) is 64.5 Å². The number of aliphatic imine (C=N–C) groups is 1. The van der Waals surface area contributed by atoms with Gasteiger partial charge in [0.15, 0.2) is 5.17 Å². The maximum atomic E-state index is 12.7. The molecule has 2 aromatic carbocycles. The minimum atomic E-state index is -1.19. The van der Waals surface area contributed by atoms with E-state index < -0.39 is 11.9 Å². The van der Waals surface area contributed by atoms with Crippen LogP contribution in [0, 0.1) is 0 Å². The molecular formula is C19H16N2O5S. The summed E-state index contributed by atoms with van der Waals surface area (Å²) in [5, 5.41) is 9.38. The van der Waals surface area contributed by atoms with Gasteiger partial charge in [0.2, 0.25) is 0 Å². The highest BCUT2D eigenvalue weighted by Gasteiger charge is 2.35. The summed E-state index contributed by atoms with van der Waals surface area (Å²) in [7, 11) is 3.12. The summed E-state index contributed by atoms with van der Waals surface area (Å²) in [5.74, 6) is -0.299. The number of aliphatic carboxylic acids is 1. The number of carbonyl (C=O) groups is 2. The zero-order valence-corrected chi connectivity index (χ0v) is 15.4. The molecule has 0 radical (unpaired) electrons. The van der Waals surface area contributed by atoms with Crippen molar-refractivity contribution in [3.05, 3.63) is 59.5 Å². The number of carboxylic acid groups (broad SMARTS) is 1. The number of carboxylic acids is 1. The lowest BCUT2D eigenvalue weighted by Crippen LogP contribution is -2.28. The predicted octanol–water partition coefficient (Wildman–Crippen LogP) is 3.44. The normalized spacial score (nSPS) is 16.8. The molecule has 0 bridgehead atoms. The molecular weight excluding hydrogens is 368 g/mol. The van der Waals surface area contributed by atoms with Crippen molar-refractivity contribution in [1.29, 1.82) is 0 Å². The van der Waals surface area contributed by atoms with E-state index in [0.717, 1.165) is 17.8 Å². The summed E-state index contributed by atoms with van der Waals surface area (Å²) in [6.07, 6.45) is 0.889. The van der Waals surface area contributed by atoms with E-state index >= 15 is 0 Å². The van der Waals surface area contributed by atoms with Crippen molar-refractivity contribution in [2.75, 3.05) is 19.1 Å². The van der Waals surface area contributed by atoms with Gasteiger partial charge in [0, 0.05) is 6.08 Å². The number of nitrogens with zero attached hydrogens (tertiary/aromatic N) is 2. The first-order valence-corrected chi connectivity index (χ1v) is 8.67. The highest BCUT2D eigenvalue weighted by molar-refractivity contribution is 8.19. The second-order valence-corrected chi connectivity index (χ2v) is 6.39. The molecule has 2 aromatic rings. The van der Waals surface area contributed by atoms with Crippen LogP contribution in [-0.2, 0) is 9.59 Å². The molecule has 1 heterocycles. The number of rotatable bonds is 5. The Morgan fingerprint density at radius 1 is 1.04 bits per heavy atom. The van der Waals surface area contributed by atoms with Crippen LogP contribution in [-0.4, -0.2) is 36.4 Å². The molecule has 138 valence electrons. The van der Waals surface area contributed by atoms with Gasteiger partial charge in [0.1, 0.15) is 11.5 Å². The maximum Gasteiger partial charge on any atom is 0.329 e. The van der Waals surface area contributed by atoms with Crippen molar-refractivity contribution in [2.24, 2.45) is 4.99 Å². The van der Waals surface area contributed by atoms with E-state index in [1.54, 1.807) is 62.8 Å². The Morgan fingerprint density at radius 2 is 1.59 bits per heavy atom. The first-order valence-electron chi connectivity index (χ1n) is 7.85. The number of carbonyl (C=O) groups excluding carboxylic acids is 1. The third-order valence-corrected chi connectivity index (χ3v) is 4.66. The molecule has 1 saturated heterocycles. The molecule has 0 spiro atoms. The van der Waals surface area contributed by atoms with Gasteiger partial charge in [-0.05, 0) is 60.3 Å². The van der Waals surface area contributed by atoms with E-state index in [4.69, 9.17) is 14.6 Å². The highest BCUT2D eigenvalue weighted by atomic mass is 32.2. The van der Waals surface area contributed by atoms with E-state index in [-0.39, 0.29) is 4.91 Å². The fourth-order valence-electron chi connectivity index (χ4n) is 2.39. The van der Waals surface area contributed by atoms with Crippen LogP contribution in [0.3, 0.4) is 0 Å². The third kappa shape index (κ3) is 4.12. The van der Waals surface area contributed by atoms with Gasteiger partial charge in [-0.1, -0.05) is 0 Å². The van der Waals surface area contributed by atoms with E-state index in [0.29, 0.717) is 28.0 Å². The topological polar surface area (TPSA) is 88.4 Å². The Labute approximate surface area is 159 Å². The quantitative estimate of drug-likeness (QED) is 0.795. The molecule has 0 aromatic heterocycles. The van der Waals surface area contributed by atoms with Gasteiger partial charge in [-0.15, -0.1) is 0 Å². The second-order valence-electron chi connectivity index (χ2n) is 5.38. The molecule has 1 amide bonds. The van der Waals surface area contributed by atoms with E-state index in [2.05, 4.69) is 4.99 Å². The summed E-state index contributed by atoms with van der Waals surface area (Å²) in [4.78, 5) is 29.7. The monoisotopic (exact) mass is 384 g/mol. The van der Waals surface area contributed by atoms with Gasteiger partial charge < -0.3 is 14.6 Å². The molecule has 8 heteroatoms. The average Bonchev–Trinajstić information content (AvgIpc) is 2.97. The van der Waals surface area contributed by atoms with Gasteiger partial charge in [0.25, 0.3) is 5.91 Å². The number of amidine groups is 1. The van der Waals surface area contributed by atoms with E-state index in [1.807, 2.05) is 0 Å². The standard InChI is InChI=1S/C19H16N2O5S/c1-25-14-7-3-12(4-8-14)20-19-21(13-5-9-15(26-2)10-6-13)18(24)16(27-19)11-17(22)23/h3-11H,1-2H3,(H,22,23). The van der Waals surface area contributed by atoms with Crippen LogP contribution < -0.4 is 14.4 Å². The Bertz CT molecular complexity index is 920. The zero-order valence-electron chi connectivity index (χ0n) is 14.6. The summed E-state index contributed by atoms with van der Waals surface area (Å²) in [6.45, 7) is 0. The number of ether oxygens (including phenoxy) is 2. The van der Waals surface area contributed by atoms with Gasteiger partial charge >= 0.3 is 5.97 Å². The Kier molecular flexibility index (Phi) is 5.46. The first-order chi connectivity index (χ1) is 13.0. The number of hydrogen-bond donors (Lipinski definition) is 1. The fraction of sp³-hybridized carbons (Fsp3) is 0.105. The molecule has 1 fully saturated rings. The van der Waals surface area contributed by atoms with Crippen LogP contribution in [0.1, 0.15) is 0 Å². The smallest absolute Gasteiger partial charge is 0.329 e. The van der Waals surface area contributed by atoms with Crippen molar-refractivity contribution >= 4 is 40.2 Å². The average molecular weight is 384 g/mol. The SMILES string of the molecule is COc1ccc(N=C2SC(=CC(=O)O)C(=O)N2c2ccc(OC)cc2)cc1. The Hall–Kier alpha value is -3.26. The molecule has 1 N–H and O–H groups in total. The van der Waals surface area contributed by atoms with Gasteiger partial charge in [-0.2, -0.15) is 0 Å². The van der Waals surface area contributed by atoms with Crippen LogP contribution in [0.25, 0.3) is 0 Å². The Balaban J connectivity index is 2.02. The Morgan fingerprint density at radius 3 is 2.11 bits per heavy atom. The van der Waals surface area contributed by atoms with E-state index in [1.165, 1.54) is 4.90 Å². The second kappa shape index (κ2) is 7.96. The lowest BCUT2D eigenvalue weighted by molar-refractivity contribution is -0.131. The molecule has 0 atom stereocenters. The summed E-state index contributed by atoms with van der Waals surface area (Å²) < 4.78 is 10.3. The minimum Gasteiger partial charge on any atom is -0.497 e. The number of hydrogen-bond acceptors (Lipinski definition) is 6. The summed E-state index contributed by atoms with van der Waals surface area (Å²) in [5.41, 5.74) is 1.18. The number of benzene rings is 2. The van der Waals surface area contributed by atoms with Crippen LogP contribution in [0.2, 0.25) is 0 Å². The molecule has 7 nitrogen and oxygen atoms in total. The van der Waals surface area contributed by atoms with Crippen molar-refractivity contribution in [1.82, 2.24) is 0 Å². The van der Waals surface area contributed by atoms with Gasteiger partial charge in [0.05, 0.1) is 30.5 Å². The molecule has 1 aliphatic rings. The number of thioether (sulfide) groups is 1. The van der Waals surface area contributed by atoms with Gasteiger partial charge in [-0.25, -0.2) is 9.79 Å². The maximum absolute atomic E-state index is 12.7. The molecule has 27 heavy (non-hydrogen) atoms. The largest absolute Gasteiger partial charge is 0.497 e. The summed E-state index contributed by atoms with van der Waals surface area (Å²) >= 11 is 1.01. The zero-order chi connectivity index (χ0) is 19.4. The van der Waals surface area contributed by atoms with Crippen LogP contribution in [0.4, 0.5) is 11.4 Å². The minimum absolute atomic E-state index is 0.0885. The molecule has 1 aliphatic heterocycles. The molecule has 0 aliphatic carbocycles. The third-order valence-electron chi connectivity index (χ3n) is 3.69. The highest BCUT2D eigenvalue weighted by Crippen LogP contribution is 2.36. The van der Waals surface area contributed by atoms with Crippen LogP contribution >= 0.6 is 11.8 Å². The summed E-state index contributed by atoms with van der Waals surface area (Å²) in [6, 6.07) is 13.9. The fourth-order valence-corrected chi connectivity index (χ4v) is 3.35. The van der Waals surface area contributed by atoms with Crippen molar-refractivity contribution < 1.29 is 24.2 Å². The lowest BCUT2D eigenvalue weighted by Gasteiger charge is -2.16. The lowest BCUT2D eigenvalue weighted by atomic mass is 10.2. The van der Waals surface area contributed by atoms with Gasteiger partial charge in [-0.3, -0.25) is 9.69 Å². The number of amides is 1. The number of methoxy groups -OCH3 is 2. The molecule has 0 unspecified atom stereocenters. The predicted molar refractivity (Wildman–Crippen MR) is 104 cm³/mol. The first kappa shape index (κ1) is 18.5.